The fraction of sp³-hybridized carbons (Fsp3) is 0. The molecule has 2 aromatic rings. The van der Waals surface area contributed by atoms with Crippen LogP contribution in [0.3, 0.4) is 0 Å². The van der Waals surface area contributed by atoms with Gasteiger partial charge in [0, 0.05) is 16.1 Å². The summed E-state index contributed by atoms with van der Waals surface area (Å²) in [5.74, 6) is 0. The van der Waals surface area contributed by atoms with Crippen LogP contribution in [-0.2, 0) is 0 Å². The highest BCUT2D eigenvalue weighted by atomic mass is 79.9. The highest BCUT2D eigenvalue weighted by molar-refractivity contribution is 9.11. The van der Waals surface area contributed by atoms with E-state index in [2.05, 4.69) is 36.8 Å². The second-order valence-electron chi connectivity index (χ2n) is 2.56. The third kappa shape index (κ3) is 1.60. The quantitative estimate of drug-likeness (QED) is 0.700. The largest absolute Gasteiger partial charge is 0.254 e. The molecule has 1 aromatic carbocycles. The van der Waals surface area contributed by atoms with Crippen molar-refractivity contribution >= 4 is 54.4 Å². The molecule has 0 N–H and O–H groups in total. The number of fused-ring (bicyclic) bond motifs is 1. The molecular formula is C9H4Br2ClN. The maximum atomic E-state index is 6.09. The van der Waals surface area contributed by atoms with Gasteiger partial charge < -0.3 is 0 Å². The maximum Gasteiger partial charge on any atom is 0.0859 e. The Kier molecular flexibility index (Phi) is 2.58. The molecule has 0 saturated carbocycles. The molecule has 0 amide bonds. The molecule has 66 valence electrons. The smallest absolute Gasteiger partial charge is 0.0859 e. The van der Waals surface area contributed by atoms with E-state index in [9.17, 15) is 0 Å². The molecule has 0 atom stereocenters. The van der Waals surface area contributed by atoms with Gasteiger partial charge in [0.2, 0.25) is 0 Å². The van der Waals surface area contributed by atoms with Crippen molar-refractivity contribution in [2.45, 2.75) is 0 Å². The number of nitrogens with zero attached hydrogens (tertiary/aromatic N) is 1. The number of rotatable bonds is 0. The van der Waals surface area contributed by atoms with E-state index >= 15 is 0 Å². The van der Waals surface area contributed by atoms with Crippen molar-refractivity contribution in [3.05, 3.63) is 38.4 Å². The minimum Gasteiger partial charge on any atom is -0.254 e. The molecule has 0 aliphatic rings. The minimum absolute atomic E-state index is 0.700. The first-order chi connectivity index (χ1) is 6.20. The van der Waals surface area contributed by atoms with Gasteiger partial charge in [0.15, 0.2) is 0 Å². The molecule has 1 nitrogen and oxygen atoms in total. The Balaban J connectivity index is 2.94. The molecule has 0 radical (unpaired) electrons. The van der Waals surface area contributed by atoms with E-state index in [1.165, 1.54) is 0 Å². The van der Waals surface area contributed by atoms with Crippen LogP contribution < -0.4 is 0 Å². The number of pyridine rings is 1. The monoisotopic (exact) mass is 319 g/mol. The van der Waals surface area contributed by atoms with Gasteiger partial charge in [0.1, 0.15) is 0 Å². The lowest BCUT2D eigenvalue weighted by molar-refractivity contribution is 1.38. The molecule has 1 heterocycles. The number of halogens is 3. The van der Waals surface area contributed by atoms with Crippen molar-refractivity contribution in [1.29, 1.82) is 0 Å². The van der Waals surface area contributed by atoms with Crippen molar-refractivity contribution in [2.24, 2.45) is 0 Å². The summed E-state index contributed by atoms with van der Waals surface area (Å²) in [5.41, 5.74) is 0.885. The molecule has 0 aliphatic carbocycles. The lowest BCUT2D eigenvalue weighted by Crippen LogP contribution is -1.82. The summed E-state index contributed by atoms with van der Waals surface area (Å²) < 4.78 is 1.78. The van der Waals surface area contributed by atoms with E-state index < -0.39 is 0 Å². The molecule has 13 heavy (non-hydrogen) atoms. The number of hydrogen-bond acceptors (Lipinski definition) is 1. The minimum atomic E-state index is 0.700. The van der Waals surface area contributed by atoms with Gasteiger partial charge in [-0.25, -0.2) is 0 Å². The molecule has 0 aliphatic heterocycles. The van der Waals surface area contributed by atoms with Gasteiger partial charge in [-0.1, -0.05) is 23.7 Å². The fourth-order valence-corrected chi connectivity index (χ4v) is 2.12. The van der Waals surface area contributed by atoms with Gasteiger partial charge in [-0.15, -0.1) is 0 Å². The van der Waals surface area contributed by atoms with Crippen molar-refractivity contribution in [1.82, 2.24) is 4.98 Å². The number of benzene rings is 1. The van der Waals surface area contributed by atoms with Gasteiger partial charge in [-0.3, -0.25) is 4.98 Å². The van der Waals surface area contributed by atoms with E-state index in [0.717, 1.165) is 19.8 Å². The van der Waals surface area contributed by atoms with Crippen LogP contribution in [0.2, 0.25) is 5.02 Å². The molecular weight excluding hydrogens is 317 g/mol. The predicted octanol–water partition coefficient (Wildman–Crippen LogP) is 4.41. The topological polar surface area (TPSA) is 12.9 Å². The molecule has 4 heteroatoms. The lowest BCUT2D eigenvalue weighted by Gasteiger charge is -2.02. The van der Waals surface area contributed by atoms with Crippen molar-refractivity contribution in [3.8, 4) is 0 Å². The normalized spacial score (nSPS) is 10.7. The Morgan fingerprint density at radius 3 is 2.69 bits per heavy atom. The zero-order valence-electron chi connectivity index (χ0n) is 6.39. The Hall–Kier alpha value is -0.120. The predicted molar refractivity (Wildman–Crippen MR) is 62.2 cm³/mol. The average molecular weight is 321 g/mol. The third-order valence-corrected chi connectivity index (χ3v) is 3.62. The summed E-state index contributed by atoms with van der Waals surface area (Å²) in [6.45, 7) is 0. The molecule has 0 fully saturated rings. The second kappa shape index (κ2) is 3.56. The molecule has 0 spiro atoms. The Labute approximate surface area is 97.4 Å². The summed E-state index contributed by atoms with van der Waals surface area (Å²) in [5, 5.41) is 1.65. The Bertz CT molecular complexity index is 470. The SMILES string of the molecule is Clc1c(Br)cnc2c(Br)cccc12. The molecule has 1 aromatic heterocycles. The van der Waals surface area contributed by atoms with Crippen molar-refractivity contribution < 1.29 is 0 Å². The summed E-state index contributed by atoms with van der Waals surface area (Å²) in [4.78, 5) is 4.26. The van der Waals surface area contributed by atoms with Crippen molar-refractivity contribution in [2.75, 3.05) is 0 Å². The van der Waals surface area contributed by atoms with Crippen LogP contribution in [0.5, 0.6) is 0 Å². The lowest BCUT2D eigenvalue weighted by atomic mass is 10.2. The average Bonchev–Trinajstić information content (AvgIpc) is 2.12. The van der Waals surface area contributed by atoms with Crippen LogP contribution in [0.4, 0.5) is 0 Å². The summed E-state index contributed by atoms with van der Waals surface area (Å²) in [6.07, 6.45) is 1.70. The molecule has 2 rings (SSSR count). The first kappa shape index (κ1) is 9.44. The molecule has 0 bridgehead atoms. The maximum absolute atomic E-state index is 6.09. The Morgan fingerprint density at radius 2 is 1.92 bits per heavy atom. The van der Waals surface area contributed by atoms with E-state index in [1.54, 1.807) is 6.20 Å². The highest BCUT2D eigenvalue weighted by Gasteiger charge is 2.05. The van der Waals surface area contributed by atoms with Crippen LogP contribution >= 0.6 is 43.5 Å². The zero-order chi connectivity index (χ0) is 9.42. The van der Waals surface area contributed by atoms with Crippen LogP contribution in [-0.4, -0.2) is 4.98 Å². The number of hydrogen-bond donors (Lipinski definition) is 0. The summed E-state index contributed by atoms with van der Waals surface area (Å²) in [7, 11) is 0. The summed E-state index contributed by atoms with van der Waals surface area (Å²) >= 11 is 12.8. The van der Waals surface area contributed by atoms with E-state index in [0.29, 0.717) is 5.02 Å². The second-order valence-corrected chi connectivity index (χ2v) is 4.64. The van der Waals surface area contributed by atoms with Crippen LogP contribution in [0.15, 0.2) is 33.3 Å². The first-order valence-corrected chi connectivity index (χ1v) is 5.55. The Morgan fingerprint density at radius 1 is 1.15 bits per heavy atom. The van der Waals surface area contributed by atoms with Crippen LogP contribution in [0.25, 0.3) is 10.9 Å². The zero-order valence-corrected chi connectivity index (χ0v) is 10.3. The number of para-hydroxylation sites is 1. The van der Waals surface area contributed by atoms with Crippen molar-refractivity contribution in [3.63, 3.8) is 0 Å². The van der Waals surface area contributed by atoms with Crippen LogP contribution in [0, 0.1) is 0 Å². The highest BCUT2D eigenvalue weighted by Crippen LogP contribution is 2.32. The van der Waals surface area contributed by atoms with Gasteiger partial charge in [0.05, 0.1) is 15.0 Å². The molecule has 0 unspecified atom stereocenters. The van der Waals surface area contributed by atoms with Gasteiger partial charge >= 0.3 is 0 Å². The van der Waals surface area contributed by atoms with E-state index in [-0.39, 0.29) is 0 Å². The summed E-state index contributed by atoms with van der Waals surface area (Å²) in [6, 6.07) is 5.83. The fourth-order valence-electron chi connectivity index (χ4n) is 1.13. The van der Waals surface area contributed by atoms with Gasteiger partial charge in [-0.2, -0.15) is 0 Å². The standard InChI is InChI=1S/C9H4Br2ClN/c10-6-3-1-2-5-8(12)7(11)4-13-9(5)6/h1-4H. The van der Waals surface area contributed by atoms with E-state index in [4.69, 9.17) is 11.6 Å². The van der Waals surface area contributed by atoms with Gasteiger partial charge in [0.25, 0.3) is 0 Å². The molecule has 0 saturated heterocycles. The van der Waals surface area contributed by atoms with Crippen LogP contribution in [0.1, 0.15) is 0 Å². The van der Waals surface area contributed by atoms with E-state index in [1.807, 2.05) is 18.2 Å². The third-order valence-electron chi connectivity index (χ3n) is 1.74. The van der Waals surface area contributed by atoms with Gasteiger partial charge in [-0.05, 0) is 37.9 Å². The first-order valence-electron chi connectivity index (χ1n) is 3.58. The number of aromatic nitrogens is 1.